The number of carbonyl (C=O) groups excluding carboxylic acids is 1. The van der Waals surface area contributed by atoms with Gasteiger partial charge in [0.25, 0.3) is 0 Å². The van der Waals surface area contributed by atoms with Gasteiger partial charge in [-0.25, -0.2) is 0 Å². The molecule has 3 nitrogen and oxygen atoms in total. The summed E-state index contributed by atoms with van der Waals surface area (Å²) in [6, 6.07) is 20.0. The predicted molar refractivity (Wildman–Crippen MR) is 98.6 cm³/mol. The Balaban J connectivity index is 1.90. The largest absolute Gasteiger partial charge is 0.317 e. The summed E-state index contributed by atoms with van der Waals surface area (Å²) in [4.78, 5) is 15.2. The molecule has 2 N–H and O–H groups in total. The summed E-state index contributed by atoms with van der Waals surface area (Å²) in [5.74, 6) is 0.547. The number of anilines is 1. The third kappa shape index (κ3) is 3.68. The number of hydrogen-bond donors (Lipinski definition) is 1. The minimum Gasteiger partial charge on any atom is -0.317 e. The van der Waals surface area contributed by atoms with Gasteiger partial charge in [0, 0.05) is 5.69 Å². The molecule has 3 rings (SSSR count). The number of carbonyl (C=O) groups is 1. The summed E-state index contributed by atoms with van der Waals surface area (Å²) in [6.07, 6.45) is 3.73. The van der Waals surface area contributed by atoms with Crippen molar-refractivity contribution in [2.24, 2.45) is 11.7 Å². The highest BCUT2D eigenvalue weighted by atomic mass is 16.2. The highest BCUT2D eigenvalue weighted by molar-refractivity contribution is 6.00. The maximum absolute atomic E-state index is 13.4. The van der Waals surface area contributed by atoms with E-state index in [0.29, 0.717) is 12.5 Å². The van der Waals surface area contributed by atoms with Crippen LogP contribution in [0.2, 0.25) is 0 Å². The van der Waals surface area contributed by atoms with Crippen LogP contribution in [0.3, 0.4) is 0 Å². The van der Waals surface area contributed by atoms with E-state index in [0.717, 1.165) is 36.9 Å². The highest BCUT2D eigenvalue weighted by Crippen LogP contribution is 2.33. The average Bonchev–Trinajstić information content (AvgIpc) is 2.60. The van der Waals surface area contributed by atoms with Crippen molar-refractivity contribution in [2.75, 3.05) is 4.90 Å². The third-order valence-electron chi connectivity index (χ3n) is 4.95. The molecule has 2 unspecified atom stereocenters. The van der Waals surface area contributed by atoms with Crippen LogP contribution in [0.1, 0.15) is 38.2 Å². The van der Waals surface area contributed by atoms with Gasteiger partial charge in [-0.15, -0.1) is 0 Å². The fourth-order valence-corrected chi connectivity index (χ4v) is 3.71. The molecule has 0 spiro atoms. The minimum atomic E-state index is -0.748. The molecule has 2 aromatic carbocycles. The summed E-state index contributed by atoms with van der Waals surface area (Å²) in [7, 11) is 0. The van der Waals surface area contributed by atoms with E-state index < -0.39 is 5.54 Å². The number of nitrogens with two attached hydrogens (primary N) is 1. The monoisotopic (exact) mass is 322 g/mol. The van der Waals surface area contributed by atoms with E-state index in [1.165, 1.54) is 0 Å². The van der Waals surface area contributed by atoms with Crippen LogP contribution in [0.15, 0.2) is 60.7 Å². The van der Waals surface area contributed by atoms with Crippen LogP contribution in [-0.4, -0.2) is 11.4 Å². The molecule has 2 aromatic rings. The minimum absolute atomic E-state index is 0.0455. The number of rotatable bonds is 4. The van der Waals surface area contributed by atoms with E-state index in [-0.39, 0.29) is 5.91 Å². The average molecular weight is 322 g/mol. The second kappa shape index (κ2) is 7.18. The van der Waals surface area contributed by atoms with E-state index in [1.807, 2.05) is 53.4 Å². The van der Waals surface area contributed by atoms with Gasteiger partial charge in [0.1, 0.15) is 0 Å². The van der Waals surface area contributed by atoms with E-state index >= 15 is 0 Å². The zero-order valence-electron chi connectivity index (χ0n) is 14.3. The molecule has 1 saturated carbocycles. The van der Waals surface area contributed by atoms with Gasteiger partial charge < -0.3 is 10.6 Å². The Bertz CT molecular complexity index is 671. The molecule has 24 heavy (non-hydrogen) atoms. The number of hydrogen-bond acceptors (Lipinski definition) is 2. The van der Waals surface area contributed by atoms with Crippen molar-refractivity contribution in [1.29, 1.82) is 0 Å². The van der Waals surface area contributed by atoms with Gasteiger partial charge in [0.05, 0.1) is 12.1 Å². The molecule has 0 radical (unpaired) electrons. The van der Waals surface area contributed by atoms with Gasteiger partial charge in [-0.05, 0) is 36.5 Å². The summed E-state index contributed by atoms with van der Waals surface area (Å²) in [6.45, 7) is 2.75. The second-order valence-corrected chi connectivity index (χ2v) is 7.07. The lowest BCUT2D eigenvalue weighted by molar-refractivity contribution is -0.125. The fraction of sp³-hybridized carbons (Fsp3) is 0.381. The summed E-state index contributed by atoms with van der Waals surface area (Å²) in [5, 5.41) is 0. The van der Waals surface area contributed by atoms with E-state index in [2.05, 4.69) is 19.1 Å². The zero-order valence-corrected chi connectivity index (χ0v) is 14.3. The summed E-state index contributed by atoms with van der Waals surface area (Å²) < 4.78 is 0. The van der Waals surface area contributed by atoms with Crippen molar-refractivity contribution in [3.05, 3.63) is 66.2 Å². The zero-order chi connectivity index (χ0) is 17.0. The van der Waals surface area contributed by atoms with Crippen LogP contribution in [0.4, 0.5) is 5.69 Å². The molecule has 126 valence electrons. The van der Waals surface area contributed by atoms with Crippen LogP contribution < -0.4 is 10.6 Å². The number of nitrogens with zero attached hydrogens (tertiary/aromatic N) is 1. The van der Waals surface area contributed by atoms with Crippen LogP contribution in [0.5, 0.6) is 0 Å². The van der Waals surface area contributed by atoms with Crippen molar-refractivity contribution in [3.63, 3.8) is 0 Å². The lowest BCUT2D eigenvalue weighted by atomic mass is 9.76. The summed E-state index contributed by atoms with van der Waals surface area (Å²) >= 11 is 0. The van der Waals surface area contributed by atoms with Crippen LogP contribution in [0, 0.1) is 5.92 Å². The first kappa shape index (κ1) is 16.7. The number of amides is 1. The van der Waals surface area contributed by atoms with Gasteiger partial charge in [0.15, 0.2) is 0 Å². The molecule has 1 aliphatic carbocycles. The highest BCUT2D eigenvalue weighted by Gasteiger charge is 2.41. The van der Waals surface area contributed by atoms with Gasteiger partial charge >= 0.3 is 0 Å². The molecule has 0 aromatic heterocycles. The molecule has 3 heteroatoms. The Labute approximate surface area is 144 Å². The topological polar surface area (TPSA) is 46.3 Å². The van der Waals surface area contributed by atoms with Crippen molar-refractivity contribution in [3.8, 4) is 0 Å². The predicted octanol–water partition coefficient (Wildman–Crippen LogP) is 4.13. The SMILES string of the molecule is CC1CCCC(N)(C(=O)N(Cc2ccccc2)c2ccccc2)C1. The van der Waals surface area contributed by atoms with Gasteiger partial charge in [-0.3, -0.25) is 4.79 Å². The smallest absolute Gasteiger partial charge is 0.247 e. The van der Waals surface area contributed by atoms with Crippen molar-refractivity contribution >= 4 is 11.6 Å². The van der Waals surface area contributed by atoms with Crippen molar-refractivity contribution in [1.82, 2.24) is 0 Å². The van der Waals surface area contributed by atoms with Crippen molar-refractivity contribution < 1.29 is 4.79 Å². The van der Waals surface area contributed by atoms with Gasteiger partial charge in [0.2, 0.25) is 5.91 Å². The standard InChI is InChI=1S/C21H26N2O/c1-17-9-8-14-21(22,15-17)20(24)23(19-12-6-3-7-13-19)16-18-10-4-2-5-11-18/h2-7,10-13,17H,8-9,14-16,22H2,1H3. The van der Waals surface area contributed by atoms with Crippen LogP contribution >= 0.6 is 0 Å². The number of benzene rings is 2. The molecule has 0 bridgehead atoms. The first-order chi connectivity index (χ1) is 11.6. The molecular weight excluding hydrogens is 296 g/mol. The van der Waals surface area contributed by atoms with Crippen LogP contribution in [-0.2, 0) is 11.3 Å². The molecule has 2 atom stereocenters. The van der Waals surface area contributed by atoms with E-state index in [9.17, 15) is 4.79 Å². The van der Waals surface area contributed by atoms with E-state index in [4.69, 9.17) is 5.73 Å². The molecular formula is C21H26N2O. The van der Waals surface area contributed by atoms with Crippen LogP contribution in [0.25, 0.3) is 0 Å². The Hall–Kier alpha value is -2.13. The lowest BCUT2D eigenvalue weighted by Gasteiger charge is -2.39. The Morgan fingerprint density at radius 3 is 2.38 bits per heavy atom. The Morgan fingerprint density at radius 1 is 1.12 bits per heavy atom. The third-order valence-corrected chi connectivity index (χ3v) is 4.95. The first-order valence-electron chi connectivity index (χ1n) is 8.78. The Morgan fingerprint density at radius 2 is 1.75 bits per heavy atom. The molecule has 0 aliphatic heterocycles. The molecule has 1 fully saturated rings. The molecule has 0 saturated heterocycles. The molecule has 1 aliphatic rings. The maximum Gasteiger partial charge on any atom is 0.247 e. The van der Waals surface area contributed by atoms with E-state index in [1.54, 1.807) is 0 Å². The quantitative estimate of drug-likeness (QED) is 0.920. The second-order valence-electron chi connectivity index (χ2n) is 7.07. The fourth-order valence-electron chi connectivity index (χ4n) is 3.71. The van der Waals surface area contributed by atoms with Gasteiger partial charge in [-0.1, -0.05) is 68.3 Å². The first-order valence-corrected chi connectivity index (χ1v) is 8.78. The normalized spacial score (nSPS) is 23.7. The Kier molecular flexibility index (Phi) is 5.00. The molecule has 0 heterocycles. The maximum atomic E-state index is 13.4. The van der Waals surface area contributed by atoms with Gasteiger partial charge in [-0.2, -0.15) is 0 Å². The lowest BCUT2D eigenvalue weighted by Crippen LogP contribution is -2.57. The molecule has 1 amide bonds. The number of para-hydroxylation sites is 1. The summed E-state index contributed by atoms with van der Waals surface area (Å²) in [5.41, 5.74) is 7.87. The van der Waals surface area contributed by atoms with Crippen molar-refractivity contribution in [2.45, 2.75) is 44.7 Å².